The van der Waals surface area contributed by atoms with Gasteiger partial charge in [0.1, 0.15) is 5.82 Å². The first-order valence-corrected chi connectivity index (χ1v) is 4.20. The molecule has 0 aliphatic rings. The molecule has 0 spiro atoms. The number of carboxylic acids is 1. The highest BCUT2D eigenvalue weighted by atomic mass is 19.1. The monoisotopic (exact) mass is 223 g/mol. The zero-order valence-corrected chi connectivity index (χ0v) is 7.85. The number of benzene rings is 1. The predicted octanol–water partition coefficient (Wildman–Crippen LogP) is 1.16. The van der Waals surface area contributed by atoms with E-state index in [2.05, 4.69) is 14.7 Å². The molecule has 3 N–H and O–H groups in total. The van der Waals surface area contributed by atoms with Crippen molar-refractivity contribution in [1.82, 2.24) is 10.1 Å². The van der Waals surface area contributed by atoms with Gasteiger partial charge in [-0.1, -0.05) is 0 Å². The maximum Gasteiger partial charge on any atom is 0.377 e. The van der Waals surface area contributed by atoms with Crippen molar-refractivity contribution in [3.05, 3.63) is 29.8 Å². The van der Waals surface area contributed by atoms with Crippen molar-refractivity contribution < 1.29 is 18.8 Å². The van der Waals surface area contributed by atoms with Gasteiger partial charge in [0.15, 0.2) is 0 Å². The Labute approximate surface area is 88.5 Å². The minimum atomic E-state index is -1.30. The molecule has 0 radical (unpaired) electrons. The minimum absolute atomic E-state index is 0.0240. The van der Waals surface area contributed by atoms with E-state index in [0.717, 1.165) is 6.07 Å². The van der Waals surface area contributed by atoms with Crippen LogP contribution in [0.2, 0.25) is 0 Å². The average Bonchev–Trinajstić information content (AvgIpc) is 2.71. The minimum Gasteiger partial charge on any atom is -0.475 e. The summed E-state index contributed by atoms with van der Waals surface area (Å²) in [6.07, 6.45) is 0. The number of carbonyl (C=O) groups is 1. The molecule has 1 aromatic heterocycles. The number of nitrogens with two attached hydrogens (primary N) is 1. The van der Waals surface area contributed by atoms with Crippen molar-refractivity contribution in [3.8, 4) is 11.5 Å². The van der Waals surface area contributed by atoms with Gasteiger partial charge in [0.25, 0.3) is 11.7 Å². The number of nitrogen functional groups attached to an aromatic ring is 1. The topological polar surface area (TPSA) is 102 Å². The molecule has 1 aromatic carbocycles. The first kappa shape index (κ1) is 10.1. The van der Waals surface area contributed by atoms with Gasteiger partial charge >= 0.3 is 5.97 Å². The standard InChI is InChI=1S/C9H6FN3O3/c10-5-2-1-4(3-6(5)11)8-12-7(9(14)15)13-16-8/h1-3H,11H2,(H,14,15). The van der Waals surface area contributed by atoms with Gasteiger partial charge in [0, 0.05) is 5.56 Å². The predicted molar refractivity (Wildman–Crippen MR) is 51.1 cm³/mol. The second kappa shape index (κ2) is 3.61. The Kier molecular flexibility index (Phi) is 2.28. The summed E-state index contributed by atoms with van der Waals surface area (Å²) in [4.78, 5) is 14.1. The summed E-state index contributed by atoms with van der Waals surface area (Å²) >= 11 is 0. The van der Waals surface area contributed by atoms with Crippen LogP contribution in [0.4, 0.5) is 10.1 Å². The fraction of sp³-hybridized carbons (Fsp3) is 0. The number of aromatic carboxylic acids is 1. The van der Waals surface area contributed by atoms with Crippen molar-refractivity contribution >= 4 is 11.7 Å². The molecule has 0 amide bonds. The maximum absolute atomic E-state index is 12.9. The molecule has 6 nitrogen and oxygen atoms in total. The summed E-state index contributed by atoms with van der Waals surface area (Å²) in [5.74, 6) is -2.35. The fourth-order valence-electron chi connectivity index (χ4n) is 1.10. The summed E-state index contributed by atoms with van der Waals surface area (Å²) in [5.41, 5.74) is 5.63. The van der Waals surface area contributed by atoms with E-state index in [-0.39, 0.29) is 11.6 Å². The van der Waals surface area contributed by atoms with E-state index in [9.17, 15) is 9.18 Å². The van der Waals surface area contributed by atoms with Crippen LogP contribution in [0.1, 0.15) is 10.6 Å². The molecule has 7 heteroatoms. The molecule has 16 heavy (non-hydrogen) atoms. The molecule has 0 atom stereocenters. The fourth-order valence-corrected chi connectivity index (χ4v) is 1.10. The lowest BCUT2D eigenvalue weighted by Gasteiger charge is -1.97. The van der Waals surface area contributed by atoms with E-state index in [1.165, 1.54) is 12.1 Å². The molecule has 82 valence electrons. The molecule has 0 saturated carbocycles. The van der Waals surface area contributed by atoms with E-state index in [0.29, 0.717) is 5.56 Å². The van der Waals surface area contributed by atoms with Crippen LogP contribution in [-0.2, 0) is 0 Å². The van der Waals surface area contributed by atoms with Crippen LogP contribution >= 0.6 is 0 Å². The number of nitrogens with zero attached hydrogens (tertiary/aromatic N) is 2. The molecule has 2 aromatic rings. The molecule has 0 aliphatic carbocycles. The SMILES string of the molecule is Nc1cc(-c2nc(C(=O)O)no2)ccc1F. The van der Waals surface area contributed by atoms with Crippen LogP contribution in [0.3, 0.4) is 0 Å². The van der Waals surface area contributed by atoms with Gasteiger partial charge in [-0.15, -0.1) is 0 Å². The normalized spacial score (nSPS) is 10.3. The van der Waals surface area contributed by atoms with E-state index in [4.69, 9.17) is 10.8 Å². The molecular formula is C9H6FN3O3. The lowest BCUT2D eigenvalue weighted by molar-refractivity contribution is 0.0680. The van der Waals surface area contributed by atoms with Gasteiger partial charge in [0.2, 0.25) is 0 Å². The zero-order chi connectivity index (χ0) is 11.7. The second-order valence-electron chi connectivity index (χ2n) is 2.96. The van der Waals surface area contributed by atoms with E-state index in [1.54, 1.807) is 0 Å². The Morgan fingerprint density at radius 3 is 2.81 bits per heavy atom. The van der Waals surface area contributed by atoms with Crippen molar-refractivity contribution in [1.29, 1.82) is 0 Å². The van der Waals surface area contributed by atoms with Gasteiger partial charge in [-0.3, -0.25) is 0 Å². The second-order valence-corrected chi connectivity index (χ2v) is 2.96. The molecule has 2 rings (SSSR count). The largest absolute Gasteiger partial charge is 0.475 e. The lowest BCUT2D eigenvalue weighted by Crippen LogP contribution is -1.98. The lowest BCUT2D eigenvalue weighted by atomic mass is 10.2. The van der Waals surface area contributed by atoms with Crippen molar-refractivity contribution in [2.24, 2.45) is 0 Å². The molecule has 0 bridgehead atoms. The number of anilines is 1. The number of hydrogen-bond acceptors (Lipinski definition) is 5. The zero-order valence-electron chi connectivity index (χ0n) is 7.85. The molecule has 1 heterocycles. The number of rotatable bonds is 2. The Morgan fingerprint density at radius 2 is 2.25 bits per heavy atom. The highest BCUT2D eigenvalue weighted by Crippen LogP contribution is 2.21. The van der Waals surface area contributed by atoms with Crippen LogP contribution in [0.15, 0.2) is 22.7 Å². The van der Waals surface area contributed by atoms with E-state index < -0.39 is 17.6 Å². The Balaban J connectivity index is 2.42. The maximum atomic E-state index is 12.9. The Bertz CT molecular complexity index is 553. The van der Waals surface area contributed by atoms with Crippen LogP contribution in [0.25, 0.3) is 11.5 Å². The molecule has 0 fully saturated rings. The van der Waals surface area contributed by atoms with Gasteiger partial charge < -0.3 is 15.4 Å². The van der Waals surface area contributed by atoms with E-state index in [1.807, 2.05) is 0 Å². The number of halogens is 1. The summed E-state index contributed by atoms with van der Waals surface area (Å²) in [5, 5.41) is 11.8. The number of aromatic nitrogens is 2. The molecule has 0 saturated heterocycles. The third-order valence-electron chi connectivity index (χ3n) is 1.86. The van der Waals surface area contributed by atoms with E-state index >= 15 is 0 Å². The number of hydrogen-bond donors (Lipinski definition) is 2. The first-order chi connectivity index (χ1) is 7.58. The summed E-state index contributed by atoms with van der Waals surface area (Å²) in [6.45, 7) is 0. The third-order valence-corrected chi connectivity index (χ3v) is 1.86. The quantitative estimate of drug-likeness (QED) is 0.740. The van der Waals surface area contributed by atoms with Crippen molar-refractivity contribution in [2.75, 3.05) is 5.73 Å². The molecular weight excluding hydrogens is 217 g/mol. The summed E-state index contributed by atoms with van der Waals surface area (Å²) in [7, 11) is 0. The summed E-state index contributed by atoms with van der Waals surface area (Å²) in [6, 6.07) is 3.79. The Hall–Kier alpha value is -2.44. The van der Waals surface area contributed by atoms with Crippen LogP contribution < -0.4 is 5.73 Å². The molecule has 0 aliphatic heterocycles. The van der Waals surface area contributed by atoms with Gasteiger partial charge in [-0.05, 0) is 23.4 Å². The van der Waals surface area contributed by atoms with Gasteiger partial charge in [-0.2, -0.15) is 4.98 Å². The number of carboxylic acid groups (broad SMARTS) is 1. The van der Waals surface area contributed by atoms with Crippen molar-refractivity contribution in [2.45, 2.75) is 0 Å². The highest BCUT2D eigenvalue weighted by Gasteiger charge is 2.14. The van der Waals surface area contributed by atoms with Crippen LogP contribution in [-0.4, -0.2) is 21.2 Å². The third kappa shape index (κ3) is 1.70. The van der Waals surface area contributed by atoms with Crippen molar-refractivity contribution in [3.63, 3.8) is 0 Å². The van der Waals surface area contributed by atoms with Crippen LogP contribution in [0.5, 0.6) is 0 Å². The molecule has 0 unspecified atom stereocenters. The first-order valence-electron chi connectivity index (χ1n) is 4.20. The highest BCUT2D eigenvalue weighted by molar-refractivity contribution is 5.83. The van der Waals surface area contributed by atoms with Gasteiger partial charge in [0.05, 0.1) is 5.69 Å². The average molecular weight is 223 g/mol. The smallest absolute Gasteiger partial charge is 0.377 e. The van der Waals surface area contributed by atoms with Gasteiger partial charge in [-0.25, -0.2) is 9.18 Å². The summed E-state index contributed by atoms with van der Waals surface area (Å²) < 4.78 is 17.5. The Morgan fingerprint density at radius 1 is 1.50 bits per heavy atom. The van der Waals surface area contributed by atoms with Crippen LogP contribution in [0, 0.1) is 5.82 Å².